The van der Waals surface area contributed by atoms with E-state index in [1.54, 1.807) is 33.5 Å². The van der Waals surface area contributed by atoms with Crippen LogP contribution in [0.3, 0.4) is 0 Å². The number of aromatic nitrogens is 2. The van der Waals surface area contributed by atoms with Crippen molar-refractivity contribution in [2.24, 2.45) is 5.92 Å². The molecule has 1 fully saturated rings. The molecule has 1 atom stereocenters. The van der Waals surface area contributed by atoms with E-state index in [1.165, 1.54) is 10.5 Å². The van der Waals surface area contributed by atoms with Crippen molar-refractivity contribution in [2.75, 3.05) is 44.0 Å². The maximum atomic E-state index is 15.5. The molecule has 1 unspecified atom stereocenters. The summed E-state index contributed by atoms with van der Waals surface area (Å²) in [5, 5.41) is 0.435. The number of aromatic amines is 1. The molecule has 0 spiro atoms. The number of carbonyl (C=O) groups excluding carboxylic acids is 1. The molecule has 1 aliphatic rings. The summed E-state index contributed by atoms with van der Waals surface area (Å²) < 4.78 is 57.9. The summed E-state index contributed by atoms with van der Waals surface area (Å²) in [6.07, 6.45) is 4.83. The van der Waals surface area contributed by atoms with Crippen LogP contribution in [0.5, 0.6) is 0 Å². The first kappa shape index (κ1) is 31.9. The summed E-state index contributed by atoms with van der Waals surface area (Å²) in [7, 11) is 4.94. The van der Waals surface area contributed by atoms with E-state index in [0.717, 1.165) is 54.9 Å². The second-order valence-corrected chi connectivity index (χ2v) is 12.4. The Balaban J connectivity index is 1.37. The molecule has 3 heterocycles. The van der Waals surface area contributed by atoms with Gasteiger partial charge in [-0.3, -0.25) is 4.79 Å². The van der Waals surface area contributed by atoms with Gasteiger partial charge >= 0.3 is 0 Å². The number of hydrogen-bond donors (Lipinski definition) is 2. The van der Waals surface area contributed by atoms with E-state index in [2.05, 4.69) is 31.7 Å². The fourth-order valence-corrected chi connectivity index (χ4v) is 6.33. The highest BCUT2D eigenvalue weighted by Crippen LogP contribution is 2.32. The van der Waals surface area contributed by atoms with Crippen LogP contribution in [0, 0.1) is 17.6 Å². The van der Waals surface area contributed by atoms with Gasteiger partial charge in [-0.15, -0.1) is 4.31 Å². The lowest BCUT2D eigenvalue weighted by Gasteiger charge is -2.36. The normalized spacial score (nSPS) is 15.1. The standard InChI is InChI=1S/C32H37F2N5O4S/c1-19(2)38(3)44(41)37-27-11-10-26(33)28(29(27)34)30(40)25-18-36-31-24(25)16-22(17-35-31)20-6-8-23(9-7-20)39-14-12-21(13-15-39)32(42-4)43-5/h6-11,16-19,21,32,37H,12-15H2,1-5H3,(H,35,36). The van der Waals surface area contributed by atoms with Gasteiger partial charge < -0.3 is 23.9 Å². The van der Waals surface area contributed by atoms with Gasteiger partial charge in [0.2, 0.25) is 5.78 Å². The zero-order valence-corrected chi connectivity index (χ0v) is 26.2. The van der Waals surface area contributed by atoms with Gasteiger partial charge in [-0.1, -0.05) is 12.1 Å². The number of pyridine rings is 1. The monoisotopic (exact) mass is 625 g/mol. The van der Waals surface area contributed by atoms with E-state index in [0.29, 0.717) is 17.0 Å². The number of rotatable bonds is 11. The lowest BCUT2D eigenvalue weighted by molar-refractivity contribution is -0.141. The van der Waals surface area contributed by atoms with Crippen LogP contribution in [-0.4, -0.2) is 71.3 Å². The highest BCUT2D eigenvalue weighted by molar-refractivity contribution is 7.90. The van der Waals surface area contributed by atoms with E-state index in [1.807, 2.05) is 26.0 Å². The molecular formula is C32H37F2N5O4S. The number of ether oxygens (including phenoxy) is 2. The van der Waals surface area contributed by atoms with Crippen molar-refractivity contribution in [3.05, 3.63) is 77.6 Å². The summed E-state index contributed by atoms with van der Waals surface area (Å²) in [5.74, 6) is -2.62. The third kappa shape index (κ3) is 6.45. The molecule has 5 rings (SSSR count). The molecule has 9 nitrogen and oxygen atoms in total. The zero-order chi connectivity index (χ0) is 31.5. The first-order valence-electron chi connectivity index (χ1n) is 14.4. The van der Waals surface area contributed by atoms with Gasteiger partial charge in [-0.25, -0.2) is 13.8 Å². The van der Waals surface area contributed by atoms with Gasteiger partial charge in [-0.05, 0) is 62.6 Å². The smallest absolute Gasteiger partial charge is 0.201 e. The minimum Gasteiger partial charge on any atom is -0.573 e. The summed E-state index contributed by atoms with van der Waals surface area (Å²) in [6, 6.07) is 11.9. The summed E-state index contributed by atoms with van der Waals surface area (Å²) in [4.78, 5) is 23.3. The number of carbonyl (C=O) groups is 1. The van der Waals surface area contributed by atoms with Gasteiger partial charge in [0.15, 0.2) is 23.7 Å². The van der Waals surface area contributed by atoms with Crippen LogP contribution in [0.25, 0.3) is 22.2 Å². The van der Waals surface area contributed by atoms with Crippen LogP contribution in [-0.2, 0) is 21.0 Å². The number of benzene rings is 2. The molecule has 0 aliphatic carbocycles. The van der Waals surface area contributed by atoms with Crippen LogP contribution in [0.4, 0.5) is 20.2 Å². The molecule has 0 bridgehead atoms. The van der Waals surface area contributed by atoms with Gasteiger partial charge in [0.05, 0.1) is 11.6 Å². The van der Waals surface area contributed by atoms with Crippen molar-refractivity contribution in [1.29, 1.82) is 0 Å². The van der Waals surface area contributed by atoms with Gasteiger partial charge in [0.1, 0.15) is 17.2 Å². The number of H-pyrrole nitrogens is 1. The molecule has 1 saturated heterocycles. The molecule has 0 amide bonds. The SMILES string of the molecule is COC(OC)C1CCN(c2ccc(-c3cnc4[nH]cc(C(=O)c5c(F)ccc(N[S+]([O-])N(C)C(C)C)c5F)c4c3)cc2)CC1. The van der Waals surface area contributed by atoms with Crippen molar-refractivity contribution in [3.8, 4) is 11.1 Å². The molecule has 2 aromatic heterocycles. The fourth-order valence-electron chi connectivity index (χ4n) is 5.46. The lowest BCUT2D eigenvalue weighted by Crippen LogP contribution is -2.39. The van der Waals surface area contributed by atoms with Gasteiger partial charge in [0.25, 0.3) is 0 Å². The number of fused-ring (bicyclic) bond motifs is 1. The molecule has 2 N–H and O–H groups in total. The molecule has 1 aliphatic heterocycles. The third-order valence-electron chi connectivity index (χ3n) is 8.23. The second-order valence-electron chi connectivity index (χ2n) is 11.1. The highest BCUT2D eigenvalue weighted by atomic mass is 32.2. The number of methoxy groups -OCH3 is 2. The predicted octanol–water partition coefficient (Wildman–Crippen LogP) is 5.91. The summed E-state index contributed by atoms with van der Waals surface area (Å²) in [6.45, 7) is 5.44. The fraction of sp³-hybridized carbons (Fsp3) is 0.375. The predicted molar refractivity (Wildman–Crippen MR) is 169 cm³/mol. The molecule has 0 saturated carbocycles. The van der Waals surface area contributed by atoms with Crippen LogP contribution in [0.15, 0.2) is 54.9 Å². The molecule has 234 valence electrons. The number of hydrogen-bond acceptors (Lipinski definition) is 8. The second kappa shape index (κ2) is 13.6. The number of nitrogens with zero attached hydrogens (tertiary/aromatic N) is 3. The molecule has 4 aromatic rings. The number of ketones is 1. The average Bonchev–Trinajstić information content (AvgIpc) is 3.46. The van der Waals surface area contributed by atoms with E-state index < -0.39 is 34.5 Å². The first-order chi connectivity index (χ1) is 21.1. The van der Waals surface area contributed by atoms with Crippen molar-refractivity contribution < 1.29 is 27.6 Å². The molecule has 2 aromatic carbocycles. The number of piperidine rings is 1. The molecule has 0 radical (unpaired) electrons. The van der Waals surface area contributed by atoms with Crippen molar-refractivity contribution in [2.45, 2.75) is 39.0 Å². The Morgan fingerprint density at radius 2 is 1.80 bits per heavy atom. The van der Waals surface area contributed by atoms with E-state index in [-0.39, 0.29) is 23.6 Å². The Bertz CT molecular complexity index is 1600. The van der Waals surface area contributed by atoms with E-state index in [9.17, 15) is 13.7 Å². The van der Waals surface area contributed by atoms with Crippen molar-refractivity contribution >= 4 is 39.7 Å². The maximum absolute atomic E-state index is 15.5. The van der Waals surface area contributed by atoms with Crippen LogP contribution < -0.4 is 9.62 Å². The Labute approximate surface area is 259 Å². The summed E-state index contributed by atoms with van der Waals surface area (Å²) >= 11 is -1.80. The van der Waals surface area contributed by atoms with Gasteiger partial charge in [-0.2, -0.15) is 4.72 Å². The third-order valence-corrected chi connectivity index (χ3v) is 9.57. The quantitative estimate of drug-likeness (QED) is 0.121. The van der Waals surface area contributed by atoms with Crippen molar-refractivity contribution in [1.82, 2.24) is 14.3 Å². The number of anilines is 2. The van der Waals surface area contributed by atoms with Crippen molar-refractivity contribution in [3.63, 3.8) is 0 Å². The Morgan fingerprint density at radius 3 is 2.43 bits per heavy atom. The lowest BCUT2D eigenvalue weighted by atomic mass is 9.95. The molecule has 44 heavy (non-hydrogen) atoms. The maximum Gasteiger partial charge on any atom is 0.201 e. The highest BCUT2D eigenvalue weighted by Gasteiger charge is 2.28. The first-order valence-corrected chi connectivity index (χ1v) is 15.6. The largest absolute Gasteiger partial charge is 0.573 e. The zero-order valence-electron chi connectivity index (χ0n) is 25.4. The Morgan fingerprint density at radius 1 is 1.11 bits per heavy atom. The van der Waals surface area contributed by atoms with Gasteiger partial charge in [0, 0.05) is 74.9 Å². The van der Waals surface area contributed by atoms with E-state index in [4.69, 9.17) is 9.47 Å². The van der Waals surface area contributed by atoms with Crippen LogP contribution in [0.1, 0.15) is 42.6 Å². The Kier molecular flexibility index (Phi) is 9.86. The average molecular weight is 626 g/mol. The van der Waals surface area contributed by atoms with Crippen LogP contribution >= 0.6 is 0 Å². The molecule has 12 heteroatoms. The summed E-state index contributed by atoms with van der Waals surface area (Å²) in [5.41, 5.74) is 2.26. The molecular weight excluding hydrogens is 588 g/mol. The van der Waals surface area contributed by atoms with E-state index >= 15 is 4.39 Å². The minimum atomic E-state index is -1.80. The topological polar surface area (TPSA) is 106 Å². The van der Waals surface area contributed by atoms with Crippen LogP contribution in [0.2, 0.25) is 0 Å². The minimum absolute atomic E-state index is 0.0784. The Hall–Kier alpha value is -3.55. The number of nitrogens with one attached hydrogen (secondary N) is 2. The number of halogens is 2.